The predicted octanol–water partition coefficient (Wildman–Crippen LogP) is 1.37. The van der Waals surface area contributed by atoms with E-state index in [2.05, 4.69) is 11.9 Å². The molecule has 2 unspecified atom stereocenters. The molecule has 1 aromatic heterocycles. The SMILES string of the molecule is CC1CC1(O)c1cncs1. The van der Waals surface area contributed by atoms with Crippen molar-refractivity contribution in [2.75, 3.05) is 0 Å². The molecule has 2 atom stereocenters. The van der Waals surface area contributed by atoms with E-state index in [1.165, 1.54) is 11.3 Å². The van der Waals surface area contributed by atoms with Crippen LogP contribution in [0.4, 0.5) is 0 Å². The van der Waals surface area contributed by atoms with Crippen molar-refractivity contribution in [3.63, 3.8) is 0 Å². The van der Waals surface area contributed by atoms with Crippen LogP contribution in [0.3, 0.4) is 0 Å². The second kappa shape index (κ2) is 1.80. The van der Waals surface area contributed by atoms with Gasteiger partial charge in [0.25, 0.3) is 0 Å². The first-order chi connectivity index (χ1) is 4.73. The molecule has 1 saturated carbocycles. The van der Waals surface area contributed by atoms with E-state index in [1.54, 1.807) is 11.7 Å². The minimum absolute atomic E-state index is 0.424. The van der Waals surface area contributed by atoms with Gasteiger partial charge in [-0.1, -0.05) is 6.92 Å². The highest BCUT2D eigenvalue weighted by atomic mass is 32.1. The molecule has 2 rings (SSSR count). The van der Waals surface area contributed by atoms with Crippen molar-refractivity contribution in [1.82, 2.24) is 4.98 Å². The quantitative estimate of drug-likeness (QED) is 0.664. The Labute approximate surface area is 63.5 Å². The van der Waals surface area contributed by atoms with Crippen LogP contribution in [0.2, 0.25) is 0 Å². The van der Waals surface area contributed by atoms with Gasteiger partial charge in [0.2, 0.25) is 0 Å². The summed E-state index contributed by atoms with van der Waals surface area (Å²) in [6.07, 6.45) is 2.66. The van der Waals surface area contributed by atoms with E-state index in [9.17, 15) is 5.11 Å². The van der Waals surface area contributed by atoms with Crippen LogP contribution < -0.4 is 0 Å². The second-order valence-corrected chi connectivity index (χ2v) is 3.78. The van der Waals surface area contributed by atoms with Crippen LogP contribution >= 0.6 is 11.3 Å². The van der Waals surface area contributed by atoms with Crippen LogP contribution in [-0.2, 0) is 5.60 Å². The van der Waals surface area contributed by atoms with Gasteiger partial charge in [0, 0.05) is 6.20 Å². The van der Waals surface area contributed by atoms with E-state index in [0.29, 0.717) is 5.92 Å². The number of nitrogens with zero attached hydrogens (tertiary/aromatic N) is 1. The Morgan fingerprint density at radius 1 is 1.90 bits per heavy atom. The van der Waals surface area contributed by atoms with Crippen LogP contribution in [0, 0.1) is 5.92 Å². The lowest BCUT2D eigenvalue weighted by Crippen LogP contribution is -2.03. The molecule has 1 N–H and O–H groups in total. The smallest absolute Gasteiger partial charge is 0.103 e. The summed E-state index contributed by atoms with van der Waals surface area (Å²) in [4.78, 5) is 4.94. The van der Waals surface area contributed by atoms with Gasteiger partial charge in [0.1, 0.15) is 5.60 Å². The molecule has 1 aromatic rings. The molecule has 10 heavy (non-hydrogen) atoms. The Bertz CT molecular complexity index is 234. The Morgan fingerprint density at radius 2 is 2.60 bits per heavy atom. The fraction of sp³-hybridized carbons (Fsp3) is 0.571. The molecule has 0 aliphatic heterocycles. The number of aliphatic hydroxyl groups is 1. The standard InChI is InChI=1S/C7H9NOS/c1-5-2-7(5,9)6-3-8-4-10-6/h3-5,9H,2H2,1H3. The van der Waals surface area contributed by atoms with Gasteiger partial charge in [-0.15, -0.1) is 11.3 Å². The van der Waals surface area contributed by atoms with Crippen molar-refractivity contribution >= 4 is 11.3 Å². The minimum Gasteiger partial charge on any atom is -0.384 e. The monoisotopic (exact) mass is 155 g/mol. The molecule has 1 fully saturated rings. The first kappa shape index (κ1) is 6.31. The molecule has 0 saturated heterocycles. The number of aromatic nitrogens is 1. The highest BCUT2D eigenvalue weighted by Gasteiger charge is 2.51. The Kier molecular flexibility index (Phi) is 1.13. The number of thiazole rings is 1. The summed E-state index contributed by atoms with van der Waals surface area (Å²) in [7, 11) is 0. The number of hydrogen-bond donors (Lipinski definition) is 1. The van der Waals surface area contributed by atoms with Gasteiger partial charge in [-0.3, -0.25) is 4.98 Å². The minimum atomic E-state index is -0.513. The lowest BCUT2D eigenvalue weighted by atomic mass is 10.2. The van der Waals surface area contributed by atoms with Crippen molar-refractivity contribution in [2.45, 2.75) is 18.9 Å². The Morgan fingerprint density at radius 3 is 3.00 bits per heavy atom. The van der Waals surface area contributed by atoms with Gasteiger partial charge in [-0.2, -0.15) is 0 Å². The third-order valence-corrected chi connectivity index (χ3v) is 3.07. The Hall–Kier alpha value is -0.410. The van der Waals surface area contributed by atoms with Gasteiger partial charge in [0.05, 0.1) is 10.4 Å². The molecule has 54 valence electrons. The van der Waals surface area contributed by atoms with Crippen molar-refractivity contribution in [2.24, 2.45) is 5.92 Å². The maximum atomic E-state index is 9.73. The number of hydrogen-bond acceptors (Lipinski definition) is 3. The van der Waals surface area contributed by atoms with Crippen LogP contribution in [0.25, 0.3) is 0 Å². The maximum absolute atomic E-state index is 9.73. The topological polar surface area (TPSA) is 33.1 Å². The normalized spacial score (nSPS) is 38.0. The summed E-state index contributed by atoms with van der Waals surface area (Å²) < 4.78 is 0. The first-order valence-electron chi connectivity index (χ1n) is 3.35. The molecular formula is C7H9NOS. The average Bonchev–Trinajstić information content (AvgIpc) is 2.35. The molecule has 0 bridgehead atoms. The molecule has 2 nitrogen and oxygen atoms in total. The van der Waals surface area contributed by atoms with Crippen LogP contribution in [0.15, 0.2) is 11.7 Å². The van der Waals surface area contributed by atoms with Gasteiger partial charge in [-0.05, 0) is 12.3 Å². The lowest BCUT2D eigenvalue weighted by molar-refractivity contribution is 0.138. The molecule has 0 aromatic carbocycles. The summed E-state index contributed by atoms with van der Waals surface area (Å²) in [6, 6.07) is 0. The summed E-state index contributed by atoms with van der Waals surface area (Å²) in [5.41, 5.74) is 1.25. The van der Waals surface area contributed by atoms with Gasteiger partial charge in [-0.25, -0.2) is 0 Å². The molecule has 1 heterocycles. The van der Waals surface area contributed by atoms with E-state index in [1.807, 2.05) is 0 Å². The van der Waals surface area contributed by atoms with E-state index < -0.39 is 5.60 Å². The van der Waals surface area contributed by atoms with E-state index >= 15 is 0 Å². The summed E-state index contributed by atoms with van der Waals surface area (Å²) >= 11 is 1.54. The zero-order valence-electron chi connectivity index (χ0n) is 5.74. The van der Waals surface area contributed by atoms with Crippen LogP contribution in [-0.4, -0.2) is 10.1 Å². The maximum Gasteiger partial charge on any atom is 0.103 e. The summed E-state index contributed by atoms with van der Waals surface area (Å²) in [5, 5.41) is 9.73. The third kappa shape index (κ3) is 0.707. The third-order valence-electron chi connectivity index (χ3n) is 2.13. The fourth-order valence-electron chi connectivity index (χ4n) is 1.18. The molecule has 1 aliphatic rings. The van der Waals surface area contributed by atoms with Gasteiger partial charge < -0.3 is 5.11 Å². The van der Waals surface area contributed by atoms with Crippen LogP contribution in [0.1, 0.15) is 18.2 Å². The Balaban J connectivity index is 2.30. The average molecular weight is 155 g/mol. The van der Waals surface area contributed by atoms with Crippen LogP contribution in [0.5, 0.6) is 0 Å². The molecule has 0 amide bonds. The van der Waals surface area contributed by atoms with E-state index in [4.69, 9.17) is 0 Å². The molecule has 0 radical (unpaired) electrons. The zero-order valence-corrected chi connectivity index (χ0v) is 6.56. The molecule has 3 heteroatoms. The van der Waals surface area contributed by atoms with Crippen molar-refractivity contribution in [3.05, 3.63) is 16.6 Å². The highest BCUT2D eigenvalue weighted by molar-refractivity contribution is 7.09. The largest absolute Gasteiger partial charge is 0.384 e. The molecular weight excluding hydrogens is 146 g/mol. The predicted molar refractivity (Wildman–Crippen MR) is 39.8 cm³/mol. The first-order valence-corrected chi connectivity index (χ1v) is 4.23. The van der Waals surface area contributed by atoms with Crippen molar-refractivity contribution < 1.29 is 5.11 Å². The highest BCUT2D eigenvalue weighted by Crippen LogP contribution is 2.52. The van der Waals surface area contributed by atoms with Gasteiger partial charge in [0.15, 0.2) is 0 Å². The zero-order chi connectivity index (χ0) is 7.19. The second-order valence-electron chi connectivity index (χ2n) is 2.90. The fourth-order valence-corrected chi connectivity index (χ4v) is 2.03. The van der Waals surface area contributed by atoms with Gasteiger partial charge >= 0.3 is 0 Å². The van der Waals surface area contributed by atoms with Crippen molar-refractivity contribution in [1.29, 1.82) is 0 Å². The van der Waals surface area contributed by atoms with Crippen molar-refractivity contribution in [3.8, 4) is 0 Å². The number of rotatable bonds is 1. The summed E-state index contributed by atoms with van der Waals surface area (Å²) in [5.74, 6) is 0.424. The summed E-state index contributed by atoms with van der Waals surface area (Å²) in [6.45, 7) is 2.06. The molecule has 0 spiro atoms. The van der Waals surface area contributed by atoms with E-state index in [0.717, 1.165) is 11.3 Å². The van der Waals surface area contributed by atoms with E-state index in [-0.39, 0.29) is 0 Å². The lowest BCUT2D eigenvalue weighted by Gasteiger charge is -2.02. The molecule has 1 aliphatic carbocycles.